The molecule has 0 unspecified atom stereocenters. The van der Waals surface area contributed by atoms with E-state index in [4.69, 9.17) is 0 Å². The molecular weight excluding hydrogens is 153 g/mol. The number of anilines is 1. The van der Waals surface area contributed by atoms with Crippen LogP contribution in [0.4, 0.5) is 5.69 Å². The molecule has 0 spiro atoms. The van der Waals surface area contributed by atoms with Crippen molar-refractivity contribution in [1.82, 2.24) is 0 Å². The first kappa shape index (κ1) is 8.78. The third kappa shape index (κ3) is 2.08. The van der Waals surface area contributed by atoms with Gasteiger partial charge in [-0.25, -0.2) is 0 Å². The van der Waals surface area contributed by atoms with Crippen molar-refractivity contribution in [3.8, 4) is 5.75 Å². The van der Waals surface area contributed by atoms with Gasteiger partial charge in [-0.05, 0) is 0 Å². The molecule has 0 fully saturated rings. The Labute approximate surface area is 72.2 Å². The molecule has 3 nitrogen and oxygen atoms in total. The number of hydrogen-bond acceptors (Lipinski definition) is 3. The van der Waals surface area contributed by atoms with Crippen LogP contribution in [0.2, 0.25) is 0 Å². The zero-order valence-corrected chi connectivity index (χ0v) is 7.15. The van der Waals surface area contributed by atoms with Crippen LogP contribution in [0.3, 0.4) is 0 Å². The third-order valence-electron chi connectivity index (χ3n) is 1.54. The molecule has 0 aliphatic rings. The molecule has 0 aliphatic heterocycles. The SMILES string of the molecule is CN(C)c1ccc(OB=O)cc1. The van der Waals surface area contributed by atoms with E-state index in [1.807, 2.05) is 31.1 Å². The van der Waals surface area contributed by atoms with Crippen LogP contribution in [-0.4, -0.2) is 21.4 Å². The Kier molecular flexibility index (Phi) is 2.85. The predicted molar refractivity (Wildman–Crippen MR) is 47.8 cm³/mol. The Morgan fingerprint density at radius 1 is 1.25 bits per heavy atom. The van der Waals surface area contributed by atoms with Crippen molar-refractivity contribution in [2.75, 3.05) is 19.0 Å². The minimum absolute atomic E-state index is 0.421. The van der Waals surface area contributed by atoms with E-state index in [2.05, 4.69) is 4.65 Å². The van der Waals surface area contributed by atoms with Gasteiger partial charge in [0.25, 0.3) is 0 Å². The summed E-state index contributed by atoms with van der Waals surface area (Å²) in [6.07, 6.45) is 0. The third-order valence-corrected chi connectivity index (χ3v) is 1.54. The second-order valence-electron chi connectivity index (χ2n) is 2.60. The van der Waals surface area contributed by atoms with Crippen molar-refractivity contribution in [2.45, 2.75) is 0 Å². The Bertz CT molecular complexity index is 258. The quantitative estimate of drug-likeness (QED) is 0.624. The van der Waals surface area contributed by atoms with Crippen LogP contribution < -0.4 is 9.55 Å². The maximum absolute atomic E-state index is 9.96. The fourth-order valence-corrected chi connectivity index (χ4v) is 0.878. The average Bonchev–Trinajstić information content (AvgIpc) is 2.06. The Morgan fingerprint density at radius 2 is 1.83 bits per heavy atom. The fraction of sp³-hybridized carbons (Fsp3) is 0.250. The van der Waals surface area contributed by atoms with Crippen LogP contribution in [0.25, 0.3) is 0 Å². The Morgan fingerprint density at radius 3 is 2.25 bits per heavy atom. The molecule has 0 aliphatic carbocycles. The van der Waals surface area contributed by atoms with Gasteiger partial charge in [0.05, 0.1) is 0 Å². The summed E-state index contributed by atoms with van der Waals surface area (Å²) < 4.78 is 14.6. The van der Waals surface area contributed by atoms with Gasteiger partial charge in [-0.2, -0.15) is 0 Å². The molecule has 0 bridgehead atoms. The normalized spacial score (nSPS) is 8.83. The molecule has 1 rings (SSSR count). The van der Waals surface area contributed by atoms with Crippen molar-refractivity contribution in [1.29, 1.82) is 0 Å². The molecule has 4 heteroatoms. The molecule has 12 heavy (non-hydrogen) atoms. The molecule has 1 aromatic rings. The van der Waals surface area contributed by atoms with Crippen molar-refractivity contribution in [3.05, 3.63) is 24.3 Å². The summed E-state index contributed by atoms with van der Waals surface area (Å²) in [5, 5.41) is 0. The first-order valence-electron chi connectivity index (χ1n) is 3.61. The van der Waals surface area contributed by atoms with E-state index in [0.717, 1.165) is 5.69 Å². The second-order valence-corrected chi connectivity index (χ2v) is 2.60. The number of nitrogens with zero attached hydrogens (tertiary/aromatic N) is 1. The molecule has 0 atom stereocenters. The van der Waals surface area contributed by atoms with Gasteiger partial charge < -0.3 is 0 Å². The van der Waals surface area contributed by atoms with Crippen molar-refractivity contribution in [3.63, 3.8) is 0 Å². The topological polar surface area (TPSA) is 29.5 Å². The first-order chi connectivity index (χ1) is 5.74. The maximum atomic E-state index is 9.96. The Hall–Kier alpha value is -1.32. The first-order valence-corrected chi connectivity index (χ1v) is 3.61. The van der Waals surface area contributed by atoms with E-state index in [-0.39, 0.29) is 0 Å². The van der Waals surface area contributed by atoms with Crippen LogP contribution in [0.15, 0.2) is 24.3 Å². The van der Waals surface area contributed by atoms with Crippen LogP contribution in [0, 0.1) is 0 Å². The zero-order valence-electron chi connectivity index (χ0n) is 7.15. The summed E-state index contributed by atoms with van der Waals surface area (Å²) in [5.74, 6) is 0.565. The van der Waals surface area contributed by atoms with Gasteiger partial charge in [0.1, 0.15) is 0 Å². The van der Waals surface area contributed by atoms with Gasteiger partial charge in [0, 0.05) is 0 Å². The van der Waals surface area contributed by atoms with E-state index in [9.17, 15) is 4.70 Å². The van der Waals surface area contributed by atoms with Crippen LogP contribution in [0.5, 0.6) is 5.75 Å². The standard InChI is InChI=1S/C8H10BNO2/c1-10(2)7-3-5-8(6-4-7)12-9-11/h3-6H,1-2H3. The molecule has 0 heterocycles. The number of rotatable bonds is 3. The summed E-state index contributed by atoms with van der Waals surface area (Å²) in [7, 11) is 4.33. The van der Waals surface area contributed by atoms with Gasteiger partial charge in [-0.15, -0.1) is 0 Å². The summed E-state index contributed by atoms with van der Waals surface area (Å²) >= 11 is 0. The monoisotopic (exact) mass is 163 g/mol. The van der Waals surface area contributed by atoms with Crippen LogP contribution >= 0.6 is 0 Å². The molecule has 62 valence electrons. The van der Waals surface area contributed by atoms with Crippen molar-refractivity contribution < 1.29 is 9.36 Å². The van der Waals surface area contributed by atoms with Gasteiger partial charge in [0.15, 0.2) is 0 Å². The summed E-state index contributed by atoms with van der Waals surface area (Å²) in [6.45, 7) is 0. The fourth-order valence-electron chi connectivity index (χ4n) is 0.878. The summed E-state index contributed by atoms with van der Waals surface area (Å²) in [6, 6.07) is 7.28. The predicted octanol–water partition coefficient (Wildman–Crippen LogP) is 1.10. The summed E-state index contributed by atoms with van der Waals surface area (Å²) in [5.41, 5.74) is 1.08. The van der Waals surface area contributed by atoms with E-state index in [0.29, 0.717) is 13.1 Å². The van der Waals surface area contributed by atoms with E-state index >= 15 is 0 Å². The Balaban J connectivity index is 2.78. The molecular formula is C8H10BNO2. The molecule has 0 radical (unpaired) electrons. The molecule has 0 aromatic heterocycles. The van der Waals surface area contributed by atoms with Crippen molar-refractivity contribution >= 4 is 13.0 Å². The molecule has 1 aromatic carbocycles. The van der Waals surface area contributed by atoms with Gasteiger partial charge in [-0.3, -0.25) is 0 Å². The van der Waals surface area contributed by atoms with Gasteiger partial charge in [0.2, 0.25) is 0 Å². The molecule has 0 amide bonds. The average molecular weight is 163 g/mol. The van der Waals surface area contributed by atoms with E-state index < -0.39 is 0 Å². The summed E-state index contributed by atoms with van der Waals surface area (Å²) in [4.78, 5) is 1.98. The van der Waals surface area contributed by atoms with Crippen molar-refractivity contribution in [2.24, 2.45) is 0 Å². The number of hydrogen-bond donors (Lipinski definition) is 0. The van der Waals surface area contributed by atoms with Gasteiger partial charge in [-0.1, -0.05) is 0 Å². The minimum atomic E-state index is 0.421. The molecule has 0 saturated carbocycles. The zero-order chi connectivity index (χ0) is 8.97. The van der Waals surface area contributed by atoms with Gasteiger partial charge >= 0.3 is 71.4 Å². The number of benzene rings is 1. The molecule has 0 N–H and O–H groups in total. The van der Waals surface area contributed by atoms with E-state index in [1.54, 1.807) is 12.1 Å². The second kappa shape index (κ2) is 3.90. The van der Waals surface area contributed by atoms with E-state index in [1.165, 1.54) is 0 Å². The van der Waals surface area contributed by atoms with Crippen LogP contribution in [-0.2, 0) is 4.70 Å². The van der Waals surface area contributed by atoms with Crippen LogP contribution in [0.1, 0.15) is 0 Å². The molecule has 0 saturated heterocycles.